The number of carbonyl (C=O) groups excluding carboxylic acids is 1. The Morgan fingerprint density at radius 1 is 0.644 bits per heavy atom. The van der Waals surface area contributed by atoms with E-state index in [9.17, 15) is 22.4 Å². The molecule has 0 spiro atoms. The van der Waals surface area contributed by atoms with Crippen LogP contribution in [0.2, 0.25) is 0 Å². The smallest absolute Gasteiger partial charge is 0.343 e. The van der Waals surface area contributed by atoms with Crippen molar-refractivity contribution in [1.29, 1.82) is 0 Å². The Labute approximate surface area is 263 Å². The van der Waals surface area contributed by atoms with Crippen molar-refractivity contribution in [2.45, 2.75) is 89.9 Å². The van der Waals surface area contributed by atoms with Crippen LogP contribution in [0.1, 0.15) is 111 Å². The lowest BCUT2D eigenvalue weighted by Crippen LogP contribution is -2.26. The van der Waals surface area contributed by atoms with Gasteiger partial charge in [-0.3, -0.25) is 0 Å². The molecule has 242 valence electrons. The van der Waals surface area contributed by atoms with Gasteiger partial charge in [-0.05, 0) is 124 Å². The molecular weight excluding hydrogens is 584 g/mol. The quantitative estimate of drug-likeness (QED) is 0.0920. The summed E-state index contributed by atoms with van der Waals surface area (Å²) >= 11 is 0. The molecule has 0 unspecified atom stereocenters. The van der Waals surface area contributed by atoms with Crippen LogP contribution in [-0.4, -0.2) is 19.2 Å². The van der Waals surface area contributed by atoms with Crippen molar-refractivity contribution >= 4 is 5.97 Å². The van der Waals surface area contributed by atoms with Crippen molar-refractivity contribution in [2.75, 3.05) is 13.2 Å². The zero-order valence-electron chi connectivity index (χ0n) is 26.1. The minimum absolute atomic E-state index is 0.00311. The van der Waals surface area contributed by atoms with Gasteiger partial charge in [0, 0.05) is 0 Å². The van der Waals surface area contributed by atoms with Gasteiger partial charge in [-0.25, -0.2) is 9.18 Å². The second-order valence-electron chi connectivity index (χ2n) is 12.3. The molecule has 2 aliphatic rings. The van der Waals surface area contributed by atoms with E-state index in [1.165, 1.54) is 12.1 Å². The minimum Gasteiger partial charge on any atom is -0.491 e. The Hall–Kier alpha value is -3.55. The van der Waals surface area contributed by atoms with Gasteiger partial charge in [0.05, 0.1) is 18.8 Å². The van der Waals surface area contributed by atoms with E-state index in [0.29, 0.717) is 29.6 Å². The molecule has 2 fully saturated rings. The normalized spacial score (nSPS) is 21.7. The Bertz CT molecular complexity index is 1460. The number of rotatable bonds is 11. The summed E-state index contributed by atoms with van der Waals surface area (Å²) in [5, 5.41) is 0. The van der Waals surface area contributed by atoms with Crippen molar-refractivity contribution in [3.8, 4) is 17.2 Å². The Morgan fingerprint density at radius 2 is 1.18 bits per heavy atom. The first kappa shape index (κ1) is 32.8. The van der Waals surface area contributed by atoms with Gasteiger partial charge in [-0.15, -0.1) is 0 Å². The van der Waals surface area contributed by atoms with E-state index < -0.39 is 35.0 Å². The number of benzene rings is 3. The van der Waals surface area contributed by atoms with Gasteiger partial charge < -0.3 is 14.2 Å². The SMILES string of the molecule is CCCCOc1ccc(C2CCC(C3CCC(c4ccccc4C(=O)Oc4ccc(OCC)c(F)c4F)CC3)CC2)c(F)c1F. The van der Waals surface area contributed by atoms with Crippen LogP contribution in [0.4, 0.5) is 17.6 Å². The highest BCUT2D eigenvalue weighted by Crippen LogP contribution is 2.47. The molecule has 2 aliphatic carbocycles. The summed E-state index contributed by atoms with van der Waals surface area (Å²) in [5.41, 5.74) is 1.66. The Morgan fingerprint density at radius 3 is 1.82 bits per heavy atom. The molecule has 2 saturated carbocycles. The lowest BCUT2D eigenvalue weighted by molar-refractivity contribution is 0.0723. The van der Waals surface area contributed by atoms with Gasteiger partial charge in [-0.1, -0.05) is 37.6 Å². The molecule has 0 saturated heterocycles. The van der Waals surface area contributed by atoms with Gasteiger partial charge >= 0.3 is 5.97 Å². The molecule has 0 N–H and O–H groups in total. The van der Waals surface area contributed by atoms with Gasteiger partial charge in [0.15, 0.2) is 23.1 Å². The molecule has 4 nitrogen and oxygen atoms in total. The average molecular weight is 627 g/mol. The summed E-state index contributed by atoms with van der Waals surface area (Å²) in [6.45, 7) is 4.24. The maximum absolute atomic E-state index is 15.0. The minimum atomic E-state index is -1.26. The molecule has 5 rings (SSSR count). The van der Waals surface area contributed by atoms with Crippen LogP contribution >= 0.6 is 0 Å². The standard InChI is InChI=1S/C37H42F4O4/c1-3-5-22-44-31-19-18-28(33(38)34(31)39)26-16-12-24(13-17-26)23-10-14-25(15-11-23)27-8-6-7-9-29(27)37(42)45-32-21-20-30(43-4-2)35(40)36(32)41/h6-9,18-21,23-26H,3-5,10-17,22H2,1-2H3. The lowest BCUT2D eigenvalue weighted by Gasteiger charge is -2.38. The second-order valence-corrected chi connectivity index (χ2v) is 12.3. The number of unbranched alkanes of at least 4 members (excludes halogenated alkanes) is 1. The van der Waals surface area contributed by atoms with Gasteiger partial charge in [0.2, 0.25) is 17.5 Å². The van der Waals surface area contributed by atoms with Crippen LogP contribution in [-0.2, 0) is 0 Å². The highest BCUT2D eigenvalue weighted by atomic mass is 19.2. The van der Waals surface area contributed by atoms with Crippen LogP contribution in [0.3, 0.4) is 0 Å². The third-order valence-corrected chi connectivity index (χ3v) is 9.62. The topological polar surface area (TPSA) is 44.8 Å². The molecule has 0 heterocycles. The van der Waals surface area contributed by atoms with Crippen LogP contribution in [0, 0.1) is 35.1 Å². The van der Waals surface area contributed by atoms with Crippen LogP contribution in [0.15, 0.2) is 48.5 Å². The fourth-order valence-electron chi connectivity index (χ4n) is 7.16. The molecule has 0 radical (unpaired) electrons. The van der Waals surface area contributed by atoms with E-state index in [1.54, 1.807) is 31.2 Å². The fraction of sp³-hybridized carbons (Fsp3) is 0.486. The molecule has 0 atom stereocenters. The fourth-order valence-corrected chi connectivity index (χ4v) is 7.16. The summed E-state index contributed by atoms with van der Waals surface area (Å²) in [4.78, 5) is 13.1. The van der Waals surface area contributed by atoms with E-state index in [2.05, 4.69) is 0 Å². The number of halogens is 4. The predicted octanol–water partition coefficient (Wildman–Crippen LogP) is 10.3. The van der Waals surface area contributed by atoms with E-state index >= 15 is 0 Å². The first-order valence-corrected chi connectivity index (χ1v) is 16.3. The zero-order chi connectivity index (χ0) is 31.9. The highest BCUT2D eigenvalue weighted by Gasteiger charge is 2.34. The van der Waals surface area contributed by atoms with Crippen LogP contribution in [0.25, 0.3) is 0 Å². The molecular formula is C37H42F4O4. The van der Waals surface area contributed by atoms with Crippen molar-refractivity contribution < 1.29 is 36.6 Å². The molecule has 0 aromatic heterocycles. The van der Waals surface area contributed by atoms with Crippen molar-refractivity contribution in [2.24, 2.45) is 11.8 Å². The van der Waals surface area contributed by atoms with Gasteiger partial charge in [0.1, 0.15) is 0 Å². The van der Waals surface area contributed by atoms with E-state index in [0.717, 1.165) is 69.8 Å². The molecule has 0 bridgehead atoms. The first-order chi connectivity index (χ1) is 21.8. The maximum atomic E-state index is 15.0. The summed E-state index contributed by atoms with van der Waals surface area (Å²) in [6.07, 6.45) is 9.15. The van der Waals surface area contributed by atoms with Crippen molar-refractivity contribution in [3.63, 3.8) is 0 Å². The summed E-state index contributed by atoms with van der Waals surface area (Å²) in [7, 11) is 0. The molecule has 8 heteroatoms. The molecule has 0 aliphatic heterocycles. The van der Waals surface area contributed by atoms with E-state index in [1.807, 2.05) is 19.1 Å². The summed E-state index contributed by atoms with van der Waals surface area (Å²) < 4.78 is 74.4. The number of carbonyl (C=O) groups is 1. The number of hydrogen-bond acceptors (Lipinski definition) is 4. The van der Waals surface area contributed by atoms with Crippen molar-refractivity contribution in [1.82, 2.24) is 0 Å². The van der Waals surface area contributed by atoms with E-state index in [-0.39, 0.29) is 29.9 Å². The number of hydrogen-bond donors (Lipinski definition) is 0. The lowest BCUT2D eigenvalue weighted by atomic mass is 9.67. The van der Waals surface area contributed by atoms with Crippen molar-refractivity contribution in [3.05, 3.63) is 88.5 Å². The third-order valence-electron chi connectivity index (χ3n) is 9.62. The maximum Gasteiger partial charge on any atom is 0.343 e. The van der Waals surface area contributed by atoms with Gasteiger partial charge in [0.25, 0.3) is 0 Å². The average Bonchev–Trinajstić information content (AvgIpc) is 3.07. The van der Waals surface area contributed by atoms with Crippen LogP contribution < -0.4 is 14.2 Å². The number of esters is 1. The largest absolute Gasteiger partial charge is 0.491 e. The number of ether oxygens (including phenoxy) is 3. The summed E-state index contributed by atoms with van der Waals surface area (Å²) in [5.74, 6) is -4.33. The second kappa shape index (κ2) is 15.2. The van der Waals surface area contributed by atoms with Crippen LogP contribution in [0.5, 0.6) is 17.2 Å². The highest BCUT2D eigenvalue weighted by molar-refractivity contribution is 5.93. The molecule has 3 aromatic carbocycles. The molecule has 0 amide bonds. The monoisotopic (exact) mass is 626 g/mol. The Kier molecular flexibility index (Phi) is 11.1. The Balaban J connectivity index is 1.16. The molecule has 45 heavy (non-hydrogen) atoms. The zero-order valence-corrected chi connectivity index (χ0v) is 26.1. The first-order valence-electron chi connectivity index (χ1n) is 16.3. The third kappa shape index (κ3) is 7.47. The molecule has 3 aromatic rings. The van der Waals surface area contributed by atoms with Gasteiger partial charge in [-0.2, -0.15) is 13.2 Å². The summed E-state index contributed by atoms with van der Waals surface area (Å²) in [6, 6.07) is 12.9. The van der Waals surface area contributed by atoms with E-state index in [4.69, 9.17) is 14.2 Å². The predicted molar refractivity (Wildman–Crippen MR) is 165 cm³/mol.